The monoisotopic (exact) mass is 273 g/mol. The van der Waals surface area contributed by atoms with Crippen LogP contribution in [0.2, 0.25) is 0 Å². The van der Waals surface area contributed by atoms with E-state index >= 15 is 0 Å². The number of hydrogen-bond acceptors (Lipinski definition) is 4. The lowest BCUT2D eigenvalue weighted by Crippen LogP contribution is -2.42. The normalized spacial score (nSPS) is 11.3. The fourth-order valence-corrected chi connectivity index (χ4v) is 1.61. The number of amides is 1. The first-order valence-electron chi connectivity index (χ1n) is 6.78. The minimum Gasteiger partial charge on any atom is -0.468 e. The molecule has 0 heterocycles. The fraction of sp³-hybridized carbons (Fsp3) is 0.857. The maximum Gasteiger partial charge on any atom is 0.410 e. The first kappa shape index (κ1) is 17.7. The highest BCUT2D eigenvalue weighted by Crippen LogP contribution is 2.14. The Balaban J connectivity index is 4.74. The predicted molar refractivity (Wildman–Crippen MR) is 73.9 cm³/mol. The molecule has 0 bridgehead atoms. The molecule has 1 amide bonds. The maximum absolute atomic E-state index is 12.1. The smallest absolute Gasteiger partial charge is 0.410 e. The van der Waals surface area contributed by atoms with E-state index in [2.05, 4.69) is 18.6 Å². The van der Waals surface area contributed by atoms with Crippen molar-refractivity contribution in [2.24, 2.45) is 5.92 Å². The topological polar surface area (TPSA) is 55.8 Å². The zero-order valence-electron chi connectivity index (χ0n) is 13.0. The Kier molecular flexibility index (Phi) is 7.49. The number of esters is 1. The van der Waals surface area contributed by atoms with Crippen LogP contribution in [0.3, 0.4) is 0 Å². The molecule has 0 atom stereocenters. The molecule has 0 fully saturated rings. The lowest BCUT2D eigenvalue weighted by atomic mass is 10.0. The maximum atomic E-state index is 12.1. The molecule has 0 aliphatic carbocycles. The molecule has 0 rings (SSSR count). The van der Waals surface area contributed by atoms with Crippen LogP contribution in [0.25, 0.3) is 0 Å². The molecule has 5 nitrogen and oxygen atoms in total. The van der Waals surface area contributed by atoms with E-state index in [1.807, 2.05) is 0 Å². The zero-order valence-corrected chi connectivity index (χ0v) is 13.0. The summed E-state index contributed by atoms with van der Waals surface area (Å²) in [5, 5.41) is 0. The van der Waals surface area contributed by atoms with Gasteiger partial charge in [-0.15, -0.1) is 0 Å². The summed E-state index contributed by atoms with van der Waals surface area (Å²) in [5.74, 6) is -0.0750. The van der Waals surface area contributed by atoms with Crippen molar-refractivity contribution in [2.75, 3.05) is 20.2 Å². The standard InChI is InChI=1S/C14H27NO4/c1-7-11(8-2)9-15(10-12(16)18-6)13(17)19-14(3,4)5/h11H,7-10H2,1-6H3. The number of methoxy groups -OCH3 is 1. The van der Waals surface area contributed by atoms with Gasteiger partial charge in [0.25, 0.3) is 0 Å². The number of carbonyl (C=O) groups is 2. The molecule has 0 spiro atoms. The summed E-state index contributed by atoms with van der Waals surface area (Å²) >= 11 is 0. The quantitative estimate of drug-likeness (QED) is 0.698. The van der Waals surface area contributed by atoms with Crippen molar-refractivity contribution in [3.8, 4) is 0 Å². The second kappa shape index (κ2) is 8.02. The largest absolute Gasteiger partial charge is 0.468 e. The third kappa shape index (κ3) is 7.70. The molecular formula is C14H27NO4. The average Bonchev–Trinajstić information content (AvgIpc) is 2.31. The van der Waals surface area contributed by atoms with Gasteiger partial charge >= 0.3 is 12.1 Å². The Morgan fingerprint density at radius 2 is 1.68 bits per heavy atom. The van der Waals surface area contributed by atoms with Gasteiger partial charge in [0, 0.05) is 6.54 Å². The molecule has 0 N–H and O–H groups in total. The fourth-order valence-electron chi connectivity index (χ4n) is 1.61. The lowest BCUT2D eigenvalue weighted by Gasteiger charge is -2.29. The van der Waals surface area contributed by atoms with Crippen molar-refractivity contribution >= 4 is 12.1 Å². The van der Waals surface area contributed by atoms with Gasteiger partial charge in [-0.3, -0.25) is 9.69 Å². The summed E-state index contributed by atoms with van der Waals surface area (Å²) in [5.41, 5.74) is -0.570. The Morgan fingerprint density at radius 1 is 1.16 bits per heavy atom. The molecular weight excluding hydrogens is 246 g/mol. The van der Waals surface area contributed by atoms with Gasteiger partial charge in [-0.05, 0) is 26.7 Å². The second-order valence-electron chi connectivity index (χ2n) is 5.62. The number of nitrogens with zero attached hydrogens (tertiary/aromatic N) is 1. The highest BCUT2D eigenvalue weighted by Gasteiger charge is 2.25. The van der Waals surface area contributed by atoms with Crippen molar-refractivity contribution in [3.63, 3.8) is 0 Å². The van der Waals surface area contributed by atoms with Gasteiger partial charge in [0.05, 0.1) is 7.11 Å². The summed E-state index contributed by atoms with van der Waals surface area (Å²) in [6, 6.07) is 0. The van der Waals surface area contributed by atoms with Crippen molar-refractivity contribution in [1.82, 2.24) is 4.90 Å². The average molecular weight is 273 g/mol. The van der Waals surface area contributed by atoms with Crippen LogP contribution in [0.15, 0.2) is 0 Å². The molecule has 0 radical (unpaired) electrons. The van der Waals surface area contributed by atoms with E-state index in [4.69, 9.17) is 4.74 Å². The first-order chi connectivity index (χ1) is 8.73. The van der Waals surface area contributed by atoms with Crippen LogP contribution in [0.4, 0.5) is 4.79 Å². The van der Waals surface area contributed by atoms with E-state index in [9.17, 15) is 9.59 Å². The van der Waals surface area contributed by atoms with Crippen LogP contribution in [0.5, 0.6) is 0 Å². The molecule has 0 aromatic heterocycles. The highest BCUT2D eigenvalue weighted by molar-refractivity contribution is 5.78. The molecule has 0 saturated carbocycles. The minimum absolute atomic E-state index is 0.0675. The lowest BCUT2D eigenvalue weighted by molar-refractivity contribution is -0.142. The molecule has 0 aliphatic rings. The molecule has 19 heavy (non-hydrogen) atoms. The SMILES string of the molecule is CCC(CC)CN(CC(=O)OC)C(=O)OC(C)(C)C. The molecule has 112 valence electrons. The number of carbonyl (C=O) groups excluding carboxylic acids is 2. The van der Waals surface area contributed by atoms with Gasteiger partial charge < -0.3 is 9.47 Å². The molecule has 5 heteroatoms. The number of rotatable bonds is 6. The van der Waals surface area contributed by atoms with E-state index in [-0.39, 0.29) is 6.54 Å². The van der Waals surface area contributed by atoms with Gasteiger partial charge in [0.2, 0.25) is 0 Å². The van der Waals surface area contributed by atoms with Crippen LogP contribution < -0.4 is 0 Å². The molecule has 0 unspecified atom stereocenters. The summed E-state index contributed by atoms with van der Waals surface area (Å²) < 4.78 is 9.94. The Hall–Kier alpha value is -1.26. The van der Waals surface area contributed by atoms with Gasteiger partial charge in [-0.25, -0.2) is 4.79 Å². The van der Waals surface area contributed by atoms with E-state index in [0.29, 0.717) is 12.5 Å². The van der Waals surface area contributed by atoms with Crippen molar-refractivity contribution in [2.45, 2.75) is 53.1 Å². The summed E-state index contributed by atoms with van der Waals surface area (Å²) in [6.45, 7) is 9.99. The third-order valence-corrected chi connectivity index (χ3v) is 2.83. The summed E-state index contributed by atoms with van der Waals surface area (Å²) in [6.07, 6.45) is 1.44. The van der Waals surface area contributed by atoms with E-state index in [1.165, 1.54) is 12.0 Å². The summed E-state index contributed by atoms with van der Waals surface area (Å²) in [4.78, 5) is 24.9. The Bertz CT molecular complexity index is 292. The number of hydrogen-bond donors (Lipinski definition) is 0. The second-order valence-corrected chi connectivity index (χ2v) is 5.62. The van der Waals surface area contributed by atoms with Crippen LogP contribution in [0, 0.1) is 5.92 Å². The predicted octanol–water partition coefficient (Wildman–Crippen LogP) is 2.83. The molecule has 0 saturated heterocycles. The van der Waals surface area contributed by atoms with Crippen LogP contribution in [-0.4, -0.2) is 42.8 Å². The number of ether oxygens (including phenoxy) is 2. The highest BCUT2D eigenvalue weighted by atomic mass is 16.6. The third-order valence-electron chi connectivity index (χ3n) is 2.83. The van der Waals surface area contributed by atoms with Crippen LogP contribution in [0.1, 0.15) is 47.5 Å². The van der Waals surface area contributed by atoms with Crippen molar-refractivity contribution in [1.29, 1.82) is 0 Å². The molecule has 0 aromatic rings. The summed E-state index contributed by atoms with van der Waals surface area (Å²) in [7, 11) is 1.31. The van der Waals surface area contributed by atoms with E-state index < -0.39 is 17.7 Å². The van der Waals surface area contributed by atoms with Gasteiger partial charge in [-0.2, -0.15) is 0 Å². The zero-order chi connectivity index (χ0) is 15.1. The Morgan fingerprint density at radius 3 is 2.05 bits per heavy atom. The van der Waals surface area contributed by atoms with Gasteiger partial charge in [0.1, 0.15) is 12.1 Å². The Labute approximate surface area is 116 Å². The van der Waals surface area contributed by atoms with Gasteiger partial charge in [0.15, 0.2) is 0 Å². The van der Waals surface area contributed by atoms with Crippen molar-refractivity contribution < 1.29 is 19.1 Å². The van der Waals surface area contributed by atoms with Crippen LogP contribution in [-0.2, 0) is 14.3 Å². The molecule has 0 aromatic carbocycles. The van der Waals surface area contributed by atoms with Crippen molar-refractivity contribution in [3.05, 3.63) is 0 Å². The van der Waals surface area contributed by atoms with Crippen LogP contribution >= 0.6 is 0 Å². The first-order valence-corrected chi connectivity index (χ1v) is 6.78. The van der Waals surface area contributed by atoms with Gasteiger partial charge in [-0.1, -0.05) is 26.7 Å². The van der Waals surface area contributed by atoms with E-state index in [0.717, 1.165) is 12.8 Å². The molecule has 0 aliphatic heterocycles. The minimum atomic E-state index is -0.570. The van der Waals surface area contributed by atoms with E-state index in [1.54, 1.807) is 20.8 Å².